The molecule has 41 heavy (non-hydrogen) atoms. The van der Waals surface area contributed by atoms with E-state index in [4.69, 9.17) is 31.3 Å². The molecule has 0 aliphatic carbocycles. The van der Waals surface area contributed by atoms with Crippen molar-refractivity contribution in [2.75, 3.05) is 46.4 Å². The van der Waals surface area contributed by atoms with E-state index in [1.54, 1.807) is 31.4 Å². The number of hydrogen-bond donors (Lipinski definition) is 2. The van der Waals surface area contributed by atoms with Crippen LogP contribution in [0.5, 0.6) is 11.6 Å². The van der Waals surface area contributed by atoms with Crippen molar-refractivity contribution in [1.82, 2.24) is 19.8 Å². The maximum atomic E-state index is 12.7. The van der Waals surface area contributed by atoms with E-state index < -0.39 is 11.9 Å². The summed E-state index contributed by atoms with van der Waals surface area (Å²) >= 11 is 5.92. The highest BCUT2D eigenvalue weighted by molar-refractivity contribution is 6.30. The first-order valence-electron chi connectivity index (χ1n) is 12.7. The topological polar surface area (TPSA) is 142 Å². The third-order valence-electron chi connectivity index (χ3n) is 5.96. The summed E-state index contributed by atoms with van der Waals surface area (Å²) in [6.45, 7) is 6.21. The minimum Gasteiger partial charge on any atom is -0.497 e. The largest absolute Gasteiger partial charge is 0.497 e. The second-order valence-corrected chi connectivity index (χ2v) is 9.34. The SMILES string of the molecule is COc1ccc(-c2nc(C)cc(OCCN3CCN(C(=O)c4ccc(Cl)cc4)CC3)n2)cc1.O=C(O)/C=C\C(=O)O. The van der Waals surface area contributed by atoms with Crippen molar-refractivity contribution >= 4 is 29.4 Å². The van der Waals surface area contributed by atoms with Crippen molar-refractivity contribution in [3.8, 4) is 23.0 Å². The Balaban J connectivity index is 0.000000507. The summed E-state index contributed by atoms with van der Waals surface area (Å²) in [6, 6.07) is 16.5. The van der Waals surface area contributed by atoms with Crippen molar-refractivity contribution < 1.29 is 34.1 Å². The molecule has 2 N–H and O–H groups in total. The van der Waals surface area contributed by atoms with Crippen molar-refractivity contribution in [1.29, 1.82) is 0 Å². The molecule has 11 nitrogen and oxygen atoms in total. The number of aryl methyl sites for hydroxylation is 1. The van der Waals surface area contributed by atoms with E-state index in [-0.39, 0.29) is 5.91 Å². The average Bonchev–Trinajstić information content (AvgIpc) is 2.96. The first-order chi connectivity index (χ1) is 19.6. The Morgan fingerprint density at radius 3 is 2.10 bits per heavy atom. The molecule has 2 heterocycles. The zero-order valence-corrected chi connectivity index (χ0v) is 23.5. The number of aliphatic carboxylic acids is 2. The lowest BCUT2D eigenvalue weighted by atomic mass is 10.2. The summed E-state index contributed by atoms with van der Waals surface area (Å²) in [6.07, 6.45) is 1.12. The van der Waals surface area contributed by atoms with Crippen LogP contribution < -0.4 is 9.47 Å². The predicted molar refractivity (Wildman–Crippen MR) is 152 cm³/mol. The lowest BCUT2D eigenvalue weighted by Crippen LogP contribution is -2.49. The van der Waals surface area contributed by atoms with Gasteiger partial charge in [-0.1, -0.05) is 11.6 Å². The van der Waals surface area contributed by atoms with Gasteiger partial charge >= 0.3 is 11.9 Å². The fourth-order valence-electron chi connectivity index (χ4n) is 3.85. The van der Waals surface area contributed by atoms with E-state index in [1.165, 1.54) is 0 Å². The van der Waals surface area contributed by atoms with E-state index in [9.17, 15) is 14.4 Å². The van der Waals surface area contributed by atoms with Crippen molar-refractivity contribution in [2.24, 2.45) is 0 Å². The summed E-state index contributed by atoms with van der Waals surface area (Å²) < 4.78 is 11.2. The van der Waals surface area contributed by atoms with E-state index in [0.29, 0.717) is 54.1 Å². The van der Waals surface area contributed by atoms with E-state index in [0.717, 1.165) is 36.6 Å². The Hall–Kier alpha value is -4.48. The Bertz CT molecular complexity index is 1340. The van der Waals surface area contributed by atoms with Crippen molar-refractivity contribution in [3.63, 3.8) is 0 Å². The van der Waals surface area contributed by atoms with E-state index in [1.807, 2.05) is 42.2 Å². The number of ether oxygens (including phenoxy) is 2. The van der Waals surface area contributed by atoms with Gasteiger partial charge in [0.05, 0.1) is 7.11 Å². The van der Waals surface area contributed by atoms with Crippen LogP contribution in [0.1, 0.15) is 16.1 Å². The molecule has 1 saturated heterocycles. The molecular weight excluding hydrogens is 552 g/mol. The lowest BCUT2D eigenvalue weighted by Gasteiger charge is -2.34. The first kappa shape index (κ1) is 31.1. The molecule has 1 fully saturated rings. The molecule has 0 radical (unpaired) electrons. The predicted octanol–water partition coefficient (Wildman–Crippen LogP) is 3.66. The number of halogens is 1. The Labute approximate surface area is 242 Å². The van der Waals surface area contributed by atoms with E-state index >= 15 is 0 Å². The van der Waals surface area contributed by atoms with Crippen LogP contribution in [0, 0.1) is 6.92 Å². The van der Waals surface area contributed by atoms with Gasteiger partial charge in [0.1, 0.15) is 12.4 Å². The molecule has 12 heteroatoms. The van der Waals surface area contributed by atoms with Gasteiger partial charge in [-0.05, 0) is 55.5 Å². The van der Waals surface area contributed by atoms with Gasteiger partial charge in [-0.15, -0.1) is 0 Å². The molecule has 0 atom stereocenters. The molecule has 1 aliphatic rings. The van der Waals surface area contributed by atoms with Gasteiger partial charge in [-0.25, -0.2) is 14.6 Å². The minimum atomic E-state index is -1.26. The van der Waals surface area contributed by atoms with Gasteiger partial charge in [-0.2, -0.15) is 4.98 Å². The van der Waals surface area contributed by atoms with Crippen LogP contribution in [0.15, 0.2) is 66.7 Å². The smallest absolute Gasteiger partial charge is 0.328 e. The minimum absolute atomic E-state index is 0.0464. The van der Waals surface area contributed by atoms with Gasteiger partial charge in [0.25, 0.3) is 5.91 Å². The number of rotatable bonds is 9. The third kappa shape index (κ3) is 10.2. The van der Waals surface area contributed by atoms with Crippen LogP contribution in [-0.2, 0) is 9.59 Å². The first-order valence-corrected chi connectivity index (χ1v) is 13.1. The maximum Gasteiger partial charge on any atom is 0.328 e. The number of hydrogen-bond acceptors (Lipinski definition) is 8. The summed E-state index contributed by atoms with van der Waals surface area (Å²) in [5.41, 5.74) is 2.42. The molecule has 216 valence electrons. The van der Waals surface area contributed by atoms with Gasteiger partial charge in [-0.3, -0.25) is 9.69 Å². The Morgan fingerprint density at radius 1 is 0.927 bits per heavy atom. The number of nitrogens with zero attached hydrogens (tertiary/aromatic N) is 4. The van der Waals surface area contributed by atoms with Crippen LogP contribution in [0.2, 0.25) is 5.02 Å². The van der Waals surface area contributed by atoms with Gasteiger partial charge in [0, 0.05) is 72.8 Å². The van der Waals surface area contributed by atoms with Gasteiger partial charge in [0.2, 0.25) is 5.88 Å². The molecule has 2 aromatic carbocycles. The average molecular weight is 583 g/mol. The highest BCUT2D eigenvalue weighted by Crippen LogP contribution is 2.22. The maximum absolute atomic E-state index is 12.7. The van der Waals surface area contributed by atoms with Crippen LogP contribution in [-0.4, -0.2) is 94.3 Å². The highest BCUT2D eigenvalue weighted by Gasteiger charge is 2.22. The zero-order valence-electron chi connectivity index (χ0n) is 22.7. The van der Waals surface area contributed by atoms with Crippen molar-refractivity contribution in [3.05, 3.63) is 83.0 Å². The van der Waals surface area contributed by atoms with Crippen LogP contribution in [0.4, 0.5) is 0 Å². The van der Waals surface area contributed by atoms with Crippen LogP contribution >= 0.6 is 11.6 Å². The highest BCUT2D eigenvalue weighted by atomic mass is 35.5. The normalized spacial score (nSPS) is 13.3. The monoisotopic (exact) mass is 582 g/mol. The molecule has 0 bridgehead atoms. The fraction of sp³-hybridized carbons (Fsp3) is 0.276. The fourth-order valence-corrected chi connectivity index (χ4v) is 3.98. The molecule has 4 rings (SSSR count). The van der Waals surface area contributed by atoms with Crippen molar-refractivity contribution in [2.45, 2.75) is 6.92 Å². The van der Waals surface area contributed by atoms with Gasteiger partial charge in [0.15, 0.2) is 5.82 Å². The lowest BCUT2D eigenvalue weighted by molar-refractivity contribution is -0.134. The number of aromatic nitrogens is 2. The standard InChI is InChI=1S/C25H27ClN4O3.C4H4O4/c1-18-17-23(28-24(27-18)19-5-9-22(32-2)10-6-19)33-16-15-29-11-13-30(14-12-29)25(31)20-3-7-21(26)8-4-20;5-3(6)1-2-4(7)8/h3-10,17H,11-16H2,1-2H3;1-2H,(H,5,6)(H,7,8)/b;2-1-. The summed E-state index contributed by atoms with van der Waals surface area (Å²) in [5, 5.41) is 16.3. The second-order valence-electron chi connectivity index (χ2n) is 8.90. The molecule has 1 aromatic heterocycles. The molecular formula is C29H31ClN4O7. The number of methoxy groups -OCH3 is 1. The molecule has 1 amide bonds. The number of carbonyl (C=O) groups is 3. The molecule has 0 spiro atoms. The number of carbonyl (C=O) groups excluding carboxylic acids is 1. The molecule has 1 aliphatic heterocycles. The number of benzene rings is 2. The molecule has 3 aromatic rings. The van der Waals surface area contributed by atoms with E-state index in [2.05, 4.69) is 14.9 Å². The third-order valence-corrected chi connectivity index (χ3v) is 6.21. The molecule has 0 saturated carbocycles. The molecule has 0 unspecified atom stereocenters. The second kappa shape index (κ2) is 15.3. The summed E-state index contributed by atoms with van der Waals surface area (Å²) in [7, 11) is 1.64. The number of piperazine rings is 1. The van der Waals surface area contributed by atoms with Crippen LogP contribution in [0.3, 0.4) is 0 Å². The number of carboxylic acid groups (broad SMARTS) is 2. The van der Waals surface area contributed by atoms with Gasteiger partial charge < -0.3 is 24.6 Å². The summed E-state index contributed by atoms with van der Waals surface area (Å²) in [4.78, 5) is 45.0. The zero-order chi connectivity index (χ0) is 29.8. The number of amides is 1. The quantitative estimate of drug-likeness (QED) is 0.359. The van der Waals surface area contributed by atoms with Crippen LogP contribution in [0.25, 0.3) is 11.4 Å². The Morgan fingerprint density at radius 2 is 1.54 bits per heavy atom. The Kier molecular flexibility index (Phi) is 11.6. The summed E-state index contributed by atoms with van der Waals surface area (Å²) in [5.74, 6) is -0.491. The number of carboxylic acids is 2.